The highest BCUT2D eigenvalue weighted by atomic mass is 16.2. The molecular weight excluding hydrogens is 198 g/mol. The predicted octanol–water partition coefficient (Wildman–Crippen LogP) is 3.46. The van der Waals surface area contributed by atoms with Crippen LogP contribution in [0.25, 0.3) is 5.57 Å². The largest absolute Gasteiger partial charge is 0.321 e. The zero-order valence-electron chi connectivity index (χ0n) is 9.79. The second-order valence-corrected chi connectivity index (χ2v) is 4.16. The van der Waals surface area contributed by atoms with Gasteiger partial charge in [-0.15, -0.1) is 0 Å². The molecule has 0 bridgehead atoms. The van der Waals surface area contributed by atoms with E-state index in [4.69, 9.17) is 0 Å². The molecule has 0 spiro atoms. The lowest BCUT2D eigenvalue weighted by Gasteiger charge is -2.07. The number of nitrogens with one attached hydrogen (secondary N) is 1. The van der Waals surface area contributed by atoms with Crippen molar-refractivity contribution in [2.45, 2.75) is 26.7 Å². The molecule has 2 rings (SSSR count). The van der Waals surface area contributed by atoms with Crippen LogP contribution in [0.15, 0.2) is 30.3 Å². The lowest BCUT2D eigenvalue weighted by Crippen LogP contribution is -2.05. The number of carbonyl (C=O) groups is 1. The normalized spacial score (nSPS) is 16.7. The van der Waals surface area contributed by atoms with E-state index in [0.717, 1.165) is 29.7 Å². The van der Waals surface area contributed by atoms with E-state index in [1.165, 1.54) is 0 Å². The van der Waals surface area contributed by atoms with Gasteiger partial charge in [-0.2, -0.15) is 0 Å². The minimum Gasteiger partial charge on any atom is -0.321 e. The lowest BCUT2D eigenvalue weighted by molar-refractivity contribution is -0.110. The van der Waals surface area contributed by atoms with Gasteiger partial charge in [0.15, 0.2) is 0 Å². The number of allylic oxidation sites excluding steroid dienone is 1. The van der Waals surface area contributed by atoms with Gasteiger partial charge in [-0.3, -0.25) is 4.79 Å². The number of para-hydroxylation sites is 1. The van der Waals surface area contributed by atoms with E-state index in [9.17, 15) is 4.79 Å². The van der Waals surface area contributed by atoms with Crippen molar-refractivity contribution < 1.29 is 4.79 Å². The summed E-state index contributed by atoms with van der Waals surface area (Å²) in [4.78, 5) is 11.8. The standard InChI is InChI=1S/C14H17NO/c1-3-10(4-2)9-12-11-7-5-6-8-13(11)15-14(12)16/h5-10H,3-4H2,1-2H3,(H,15,16). The molecule has 0 fully saturated rings. The Morgan fingerprint density at radius 1 is 1.25 bits per heavy atom. The van der Waals surface area contributed by atoms with Crippen molar-refractivity contribution in [1.82, 2.24) is 0 Å². The van der Waals surface area contributed by atoms with Gasteiger partial charge in [0.25, 0.3) is 5.91 Å². The van der Waals surface area contributed by atoms with Crippen molar-refractivity contribution in [2.24, 2.45) is 5.92 Å². The van der Waals surface area contributed by atoms with Crippen LogP contribution in [0, 0.1) is 5.92 Å². The molecule has 0 radical (unpaired) electrons. The summed E-state index contributed by atoms with van der Waals surface area (Å²) in [7, 11) is 0. The predicted molar refractivity (Wildman–Crippen MR) is 67.1 cm³/mol. The van der Waals surface area contributed by atoms with Crippen molar-refractivity contribution >= 4 is 17.2 Å². The van der Waals surface area contributed by atoms with E-state index in [1.54, 1.807) is 0 Å². The van der Waals surface area contributed by atoms with Gasteiger partial charge >= 0.3 is 0 Å². The summed E-state index contributed by atoms with van der Waals surface area (Å²) in [6.45, 7) is 4.31. The minimum absolute atomic E-state index is 0.0353. The summed E-state index contributed by atoms with van der Waals surface area (Å²) in [5, 5.41) is 2.89. The number of hydrogen-bond donors (Lipinski definition) is 1. The van der Waals surface area contributed by atoms with E-state index in [0.29, 0.717) is 5.92 Å². The topological polar surface area (TPSA) is 29.1 Å². The zero-order chi connectivity index (χ0) is 11.5. The van der Waals surface area contributed by atoms with E-state index < -0.39 is 0 Å². The molecule has 2 nitrogen and oxygen atoms in total. The van der Waals surface area contributed by atoms with Gasteiger partial charge in [0.05, 0.1) is 0 Å². The third kappa shape index (κ3) is 1.87. The molecule has 16 heavy (non-hydrogen) atoms. The highest BCUT2D eigenvalue weighted by Crippen LogP contribution is 2.32. The highest BCUT2D eigenvalue weighted by Gasteiger charge is 2.23. The van der Waals surface area contributed by atoms with Gasteiger partial charge in [-0.1, -0.05) is 38.1 Å². The van der Waals surface area contributed by atoms with Crippen LogP contribution >= 0.6 is 0 Å². The van der Waals surface area contributed by atoms with Gasteiger partial charge < -0.3 is 5.32 Å². The average molecular weight is 215 g/mol. The van der Waals surface area contributed by atoms with Gasteiger partial charge in [0, 0.05) is 16.8 Å². The molecule has 2 heteroatoms. The molecule has 0 atom stereocenters. The Balaban J connectivity index is 2.38. The Morgan fingerprint density at radius 2 is 1.94 bits per heavy atom. The molecule has 1 heterocycles. The minimum atomic E-state index is 0.0353. The Bertz CT molecular complexity index is 430. The van der Waals surface area contributed by atoms with E-state index >= 15 is 0 Å². The van der Waals surface area contributed by atoms with E-state index in [1.807, 2.05) is 24.3 Å². The first-order valence-corrected chi connectivity index (χ1v) is 5.88. The highest BCUT2D eigenvalue weighted by molar-refractivity contribution is 6.31. The molecule has 1 N–H and O–H groups in total. The maximum absolute atomic E-state index is 11.8. The molecule has 1 amide bonds. The molecule has 1 aromatic rings. The molecule has 0 unspecified atom stereocenters. The smallest absolute Gasteiger partial charge is 0.256 e. The van der Waals surface area contributed by atoms with Crippen LogP contribution in [0.2, 0.25) is 0 Å². The SMILES string of the molecule is CCC(C=C1C(=O)Nc2ccccc21)CC. The third-order valence-electron chi connectivity index (χ3n) is 3.16. The van der Waals surface area contributed by atoms with Crippen LogP contribution < -0.4 is 5.32 Å². The van der Waals surface area contributed by atoms with Crippen LogP contribution in [0.4, 0.5) is 5.69 Å². The second kappa shape index (κ2) is 4.52. The molecule has 84 valence electrons. The lowest BCUT2D eigenvalue weighted by atomic mass is 9.97. The Labute approximate surface area is 96.4 Å². The molecule has 1 aliphatic rings. The van der Waals surface area contributed by atoms with Gasteiger partial charge in [0.2, 0.25) is 0 Å². The van der Waals surface area contributed by atoms with Crippen molar-refractivity contribution in [2.75, 3.05) is 5.32 Å². The first-order chi connectivity index (χ1) is 7.76. The average Bonchev–Trinajstić information content (AvgIpc) is 2.62. The Morgan fingerprint density at radius 3 is 2.62 bits per heavy atom. The Kier molecular flexibility index (Phi) is 3.09. The van der Waals surface area contributed by atoms with Crippen LogP contribution in [0.5, 0.6) is 0 Å². The maximum Gasteiger partial charge on any atom is 0.256 e. The molecule has 1 aliphatic heterocycles. The van der Waals surface area contributed by atoms with Crippen molar-refractivity contribution in [3.05, 3.63) is 35.9 Å². The Hall–Kier alpha value is -1.57. The van der Waals surface area contributed by atoms with E-state index in [-0.39, 0.29) is 5.91 Å². The van der Waals surface area contributed by atoms with Crippen LogP contribution in [-0.2, 0) is 4.79 Å². The zero-order valence-corrected chi connectivity index (χ0v) is 9.79. The first-order valence-electron chi connectivity index (χ1n) is 5.88. The summed E-state index contributed by atoms with van der Waals surface area (Å²) in [5.41, 5.74) is 2.81. The number of fused-ring (bicyclic) bond motifs is 1. The molecule has 1 aromatic carbocycles. The fourth-order valence-electron chi connectivity index (χ4n) is 2.06. The summed E-state index contributed by atoms with van der Waals surface area (Å²) >= 11 is 0. The molecule has 0 saturated carbocycles. The number of amides is 1. The number of hydrogen-bond acceptors (Lipinski definition) is 1. The maximum atomic E-state index is 11.8. The summed E-state index contributed by atoms with van der Waals surface area (Å²) in [5.74, 6) is 0.528. The summed E-state index contributed by atoms with van der Waals surface area (Å²) in [6, 6.07) is 7.86. The van der Waals surface area contributed by atoms with Crippen LogP contribution in [-0.4, -0.2) is 5.91 Å². The number of carbonyl (C=O) groups excluding carboxylic acids is 1. The van der Waals surface area contributed by atoms with Gasteiger partial charge in [-0.05, 0) is 24.8 Å². The summed E-state index contributed by atoms with van der Waals surface area (Å²) in [6.07, 6.45) is 4.27. The monoisotopic (exact) mass is 215 g/mol. The molecule has 0 aromatic heterocycles. The quantitative estimate of drug-likeness (QED) is 0.769. The van der Waals surface area contributed by atoms with Crippen LogP contribution in [0.1, 0.15) is 32.3 Å². The first kappa shape index (κ1) is 10.9. The number of anilines is 1. The molecular formula is C14H17NO. The fourth-order valence-corrected chi connectivity index (χ4v) is 2.06. The summed E-state index contributed by atoms with van der Waals surface area (Å²) < 4.78 is 0. The second-order valence-electron chi connectivity index (χ2n) is 4.16. The molecule has 0 aliphatic carbocycles. The number of rotatable bonds is 3. The van der Waals surface area contributed by atoms with E-state index in [2.05, 4.69) is 25.2 Å². The van der Waals surface area contributed by atoms with Crippen LogP contribution in [0.3, 0.4) is 0 Å². The van der Waals surface area contributed by atoms with Crippen molar-refractivity contribution in [1.29, 1.82) is 0 Å². The molecule has 0 saturated heterocycles. The van der Waals surface area contributed by atoms with Crippen molar-refractivity contribution in [3.63, 3.8) is 0 Å². The fraction of sp³-hybridized carbons (Fsp3) is 0.357. The van der Waals surface area contributed by atoms with Crippen molar-refractivity contribution in [3.8, 4) is 0 Å². The van der Waals surface area contributed by atoms with Gasteiger partial charge in [0.1, 0.15) is 0 Å². The third-order valence-corrected chi connectivity index (χ3v) is 3.16. The number of benzene rings is 1. The van der Waals surface area contributed by atoms with Gasteiger partial charge in [-0.25, -0.2) is 0 Å².